The van der Waals surface area contributed by atoms with Crippen LogP contribution in [0.1, 0.15) is 45.5 Å². The Morgan fingerprint density at radius 3 is 2.00 bits per heavy atom. The number of aryl methyl sites for hydroxylation is 4. The molecule has 0 fully saturated rings. The average Bonchev–Trinajstić information content (AvgIpc) is 3.95. The molecule has 3 aliphatic rings. The zero-order valence-corrected chi connectivity index (χ0v) is 29.1. The van der Waals surface area contributed by atoms with Crippen molar-refractivity contribution in [2.75, 3.05) is 0 Å². The summed E-state index contributed by atoms with van der Waals surface area (Å²) >= 11 is 0. The van der Waals surface area contributed by atoms with E-state index in [1.54, 1.807) is 0 Å². The van der Waals surface area contributed by atoms with Crippen molar-refractivity contribution in [1.29, 1.82) is 0 Å². The Bertz CT molecular complexity index is 2970. The van der Waals surface area contributed by atoms with Gasteiger partial charge in [0.1, 0.15) is 0 Å². The first-order chi connectivity index (χ1) is 26.3. The Morgan fingerprint density at radius 1 is 0.547 bits per heavy atom. The van der Waals surface area contributed by atoms with E-state index in [0.717, 1.165) is 44.2 Å². The van der Waals surface area contributed by atoms with Crippen LogP contribution in [0.4, 0.5) is 0 Å². The molecule has 12 rings (SSSR count). The molecule has 0 aliphatic heterocycles. The van der Waals surface area contributed by atoms with Crippen LogP contribution in [-0.4, -0.2) is 29.1 Å². The second-order valence-electron chi connectivity index (χ2n) is 14.8. The SMILES string of the molecule is C1=C(c2ccncc2)CCc2c1c1cc3c4c(c1n2-c1cccnc1)CCc1c-4c(cc2c4cc(-c5ccncc5)ccc4n(-c4cc[nH]c4)c12)CC3. The van der Waals surface area contributed by atoms with Gasteiger partial charge in [-0.25, -0.2) is 0 Å². The van der Waals surface area contributed by atoms with Crippen molar-refractivity contribution in [3.63, 3.8) is 0 Å². The number of fused-ring (bicyclic) bond motifs is 8. The molecule has 0 bridgehead atoms. The van der Waals surface area contributed by atoms with Gasteiger partial charge in [0, 0.05) is 70.8 Å². The fourth-order valence-corrected chi connectivity index (χ4v) is 9.92. The summed E-state index contributed by atoms with van der Waals surface area (Å²) in [6, 6.07) is 27.1. The molecule has 0 amide bonds. The molecule has 53 heavy (non-hydrogen) atoms. The van der Waals surface area contributed by atoms with Crippen LogP contribution in [0.15, 0.2) is 122 Å². The smallest absolute Gasteiger partial charge is 0.0642 e. The Hall–Kier alpha value is -6.53. The third kappa shape index (κ3) is 4.12. The van der Waals surface area contributed by atoms with Crippen LogP contribution in [0, 0.1) is 0 Å². The summed E-state index contributed by atoms with van der Waals surface area (Å²) in [5.41, 5.74) is 23.0. The van der Waals surface area contributed by atoms with E-state index in [9.17, 15) is 0 Å². The predicted octanol–water partition coefficient (Wildman–Crippen LogP) is 10.3. The van der Waals surface area contributed by atoms with Crippen molar-refractivity contribution < 1.29 is 0 Å². The standard InChI is InChI=1S/C47H34N6/c1-2-34(26-50-16-1)52-42-9-5-30(28-11-17-48-18-12-28)22-38(42)40-24-32-3-4-33-25-41-39-23-31(29-13-19-49-20-14-29)6-10-43(39)53(35-15-21-51-27-35)47(41)37-8-7-36(46(40)52)44(32)45(33)37/h1-2,6,10-27,51H,3-5,7-9H2. The number of hydrogen-bond donors (Lipinski definition) is 1. The number of benzene rings is 3. The highest BCUT2D eigenvalue weighted by atomic mass is 15.0. The average molecular weight is 683 g/mol. The second-order valence-corrected chi connectivity index (χ2v) is 14.8. The molecule has 3 aromatic carbocycles. The van der Waals surface area contributed by atoms with Crippen molar-refractivity contribution in [3.8, 4) is 33.6 Å². The fourth-order valence-electron chi connectivity index (χ4n) is 9.92. The topological polar surface area (TPSA) is 64.3 Å². The summed E-state index contributed by atoms with van der Waals surface area (Å²) in [7, 11) is 0. The van der Waals surface area contributed by atoms with Crippen LogP contribution < -0.4 is 0 Å². The van der Waals surface area contributed by atoms with Gasteiger partial charge in [-0.3, -0.25) is 15.0 Å². The van der Waals surface area contributed by atoms with E-state index in [2.05, 4.69) is 114 Å². The van der Waals surface area contributed by atoms with Crippen molar-refractivity contribution in [1.82, 2.24) is 29.1 Å². The van der Waals surface area contributed by atoms with E-state index in [1.165, 1.54) is 105 Å². The maximum atomic E-state index is 4.61. The van der Waals surface area contributed by atoms with Gasteiger partial charge in [-0.05, 0) is 167 Å². The van der Waals surface area contributed by atoms with E-state index in [4.69, 9.17) is 0 Å². The molecule has 6 aromatic heterocycles. The lowest BCUT2D eigenvalue weighted by Gasteiger charge is -2.31. The fraction of sp³-hybridized carbons (Fsp3) is 0.128. The molecule has 0 radical (unpaired) electrons. The number of nitrogens with one attached hydrogen (secondary N) is 1. The number of aromatic nitrogens is 6. The highest BCUT2D eigenvalue weighted by Crippen LogP contribution is 2.52. The number of hydrogen-bond acceptors (Lipinski definition) is 3. The van der Waals surface area contributed by atoms with E-state index >= 15 is 0 Å². The van der Waals surface area contributed by atoms with Crippen LogP contribution in [0.25, 0.3) is 78.0 Å². The van der Waals surface area contributed by atoms with Crippen molar-refractivity contribution in [2.45, 2.75) is 38.5 Å². The minimum absolute atomic E-state index is 0.984. The summed E-state index contributed by atoms with van der Waals surface area (Å²) in [5.74, 6) is 0. The molecule has 0 spiro atoms. The zero-order chi connectivity index (χ0) is 34.6. The predicted molar refractivity (Wildman–Crippen MR) is 214 cm³/mol. The van der Waals surface area contributed by atoms with Crippen molar-refractivity contribution in [3.05, 3.63) is 161 Å². The van der Waals surface area contributed by atoms with E-state index in [1.807, 2.05) is 43.4 Å². The second kappa shape index (κ2) is 11.0. The number of aromatic amines is 1. The molecule has 0 saturated carbocycles. The van der Waals surface area contributed by atoms with Gasteiger partial charge in [0.25, 0.3) is 0 Å². The van der Waals surface area contributed by atoms with Gasteiger partial charge in [0.15, 0.2) is 0 Å². The van der Waals surface area contributed by atoms with Gasteiger partial charge < -0.3 is 14.1 Å². The monoisotopic (exact) mass is 682 g/mol. The van der Waals surface area contributed by atoms with Crippen LogP contribution in [-0.2, 0) is 32.1 Å². The first-order valence-corrected chi connectivity index (χ1v) is 18.7. The Morgan fingerprint density at radius 2 is 1.28 bits per heavy atom. The Balaban J connectivity index is 1.16. The third-order valence-corrected chi connectivity index (χ3v) is 12.1. The van der Waals surface area contributed by atoms with Gasteiger partial charge in [-0.1, -0.05) is 6.07 Å². The molecule has 9 aromatic rings. The Labute approximate surface area is 306 Å². The highest BCUT2D eigenvalue weighted by molar-refractivity contribution is 6.14. The number of allylic oxidation sites excluding steroid dienone is 1. The molecule has 6 nitrogen and oxygen atoms in total. The molecule has 0 saturated heterocycles. The molecule has 0 atom stereocenters. The maximum Gasteiger partial charge on any atom is 0.0642 e. The molecule has 3 aliphatic carbocycles. The molecule has 0 unspecified atom stereocenters. The molecule has 6 heterocycles. The van der Waals surface area contributed by atoms with Gasteiger partial charge in [-0.15, -0.1) is 0 Å². The first-order valence-electron chi connectivity index (χ1n) is 18.7. The van der Waals surface area contributed by atoms with Gasteiger partial charge in [0.05, 0.1) is 34.1 Å². The normalized spacial score (nSPS) is 14.5. The summed E-state index contributed by atoms with van der Waals surface area (Å²) < 4.78 is 5.07. The first kappa shape index (κ1) is 29.1. The molecule has 1 N–H and O–H groups in total. The zero-order valence-electron chi connectivity index (χ0n) is 29.1. The number of nitrogens with zero attached hydrogens (tertiary/aromatic N) is 5. The number of H-pyrrole nitrogens is 1. The quantitative estimate of drug-likeness (QED) is 0.201. The number of rotatable bonds is 4. The molecule has 6 heteroatoms. The largest absolute Gasteiger partial charge is 0.366 e. The molecule has 252 valence electrons. The van der Waals surface area contributed by atoms with Crippen molar-refractivity contribution in [2.24, 2.45) is 0 Å². The number of pyridine rings is 3. The summed E-state index contributed by atoms with van der Waals surface area (Å²) in [5, 5.41) is 4.03. The summed E-state index contributed by atoms with van der Waals surface area (Å²) in [4.78, 5) is 16.5. The van der Waals surface area contributed by atoms with Crippen LogP contribution in [0.5, 0.6) is 0 Å². The molecular formula is C47H34N6. The van der Waals surface area contributed by atoms with Crippen LogP contribution in [0.2, 0.25) is 0 Å². The lowest BCUT2D eigenvalue weighted by atomic mass is 9.73. The van der Waals surface area contributed by atoms with Gasteiger partial charge in [-0.2, -0.15) is 0 Å². The molecular weight excluding hydrogens is 649 g/mol. The van der Waals surface area contributed by atoms with Crippen LogP contribution in [0.3, 0.4) is 0 Å². The summed E-state index contributed by atoms with van der Waals surface area (Å²) in [6.07, 6.45) is 24.2. The van der Waals surface area contributed by atoms with E-state index < -0.39 is 0 Å². The lowest BCUT2D eigenvalue weighted by molar-refractivity contribution is 0.869. The third-order valence-electron chi connectivity index (χ3n) is 12.1. The minimum Gasteiger partial charge on any atom is -0.366 e. The lowest BCUT2D eigenvalue weighted by Crippen LogP contribution is -2.16. The van der Waals surface area contributed by atoms with Crippen LogP contribution >= 0.6 is 0 Å². The summed E-state index contributed by atoms with van der Waals surface area (Å²) in [6.45, 7) is 0. The maximum absolute atomic E-state index is 4.61. The van der Waals surface area contributed by atoms with E-state index in [0.29, 0.717) is 0 Å². The Kier molecular flexibility index (Phi) is 6.03. The van der Waals surface area contributed by atoms with E-state index in [-0.39, 0.29) is 0 Å². The highest BCUT2D eigenvalue weighted by Gasteiger charge is 2.34. The minimum atomic E-state index is 0.984. The van der Waals surface area contributed by atoms with Crippen molar-refractivity contribution >= 4 is 44.4 Å². The van der Waals surface area contributed by atoms with Gasteiger partial charge in [0.2, 0.25) is 0 Å². The van der Waals surface area contributed by atoms with Gasteiger partial charge >= 0.3 is 0 Å².